The van der Waals surface area contributed by atoms with Crippen molar-refractivity contribution in [2.75, 3.05) is 24.2 Å². The number of hydrogen-bond acceptors (Lipinski definition) is 8. The predicted molar refractivity (Wildman–Crippen MR) is 131 cm³/mol. The van der Waals surface area contributed by atoms with Crippen LogP contribution in [0.15, 0.2) is 47.4 Å². The summed E-state index contributed by atoms with van der Waals surface area (Å²) in [7, 11) is -3.94. The first-order valence-corrected chi connectivity index (χ1v) is 13.3. The van der Waals surface area contributed by atoms with Crippen molar-refractivity contribution in [3.05, 3.63) is 58.6 Å². The van der Waals surface area contributed by atoms with Gasteiger partial charge in [-0.1, -0.05) is 17.7 Å². The van der Waals surface area contributed by atoms with Crippen molar-refractivity contribution in [3.63, 3.8) is 0 Å². The lowest BCUT2D eigenvalue weighted by molar-refractivity contribution is -0.122. The van der Waals surface area contributed by atoms with E-state index in [1.54, 1.807) is 44.2 Å². The van der Waals surface area contributed by atoms with Gasteiger partial charge >= 0.3 is 5.97 Å². The van der Waals surface area contributed by atoms with Gasteiger partial charge in [0.1, 0.15) is 5.50 Å². The van der Waals surface area contributed by atoms with E-state index in [1.807, 2.05) is 0 Å². The molecule has 182 valence electrons. The van der Waals surface area contributed by atoms with Crippen LogP contribution in [0.4, 0.5) is 5.69 Å². The van der Waals surface area contributed by atoms with E-state index in [9.17, 15) is 22.8 Å². The molecule has 0 radical (unpaired) electrons. The number of benzene rings is 2. The smallest absolute Gasteiger partial charge is 0.338 e. The Morgan fingerprint density at radius 1 is 1.21 bits per heavy atom. The van der Waals surface area contributed by atoms with Gasteiger partial charge in [0.25, 0.3) is 0 Å². The molecule has 0 aliphatic carbocycles. The SMILES string of the molecule is CCOC(=O)c1ccc(NC(=O)CSC2NCC(S(=O)(=O)c3ccc(C)c(Cl)c3)C(=O)N2)cc1. The summed E-state index contributed by atoms with van der Waals surface area (Å²) in [6.07, 6.45) is 0. The van der Waals surface area contributed by atoms with Crippen LogP contribution in [-0.2, 0) is 24.2 Å². The summed E-state index contributed by atoms with van der Waals surface area (Å²) >= 11 is 7.15. The number of rotatable bonds is 8. The monoisotopic (exact) mass is 525 g/mol. The Hall–Kier alpha value is -2.60. The summed E-state index contributed by atoms with van der Waals surface area (Å²) in [5, 5.41) is 7.22. The fraction of sp³-hybridized carbons (Fsp3) is 0.318. The van der Waals surface area contributed by atoms with Crippen molar-refractivity contribution >= 4 is 56.7 Å². The van der Waals surface area contributed by atoms with E-state index in [4.69, 9.17) is 16.3 Å². The number of carbonyl (C=O) groups is 3. The van der Waals surface area contributed by atoms with Crippen LogP contribution in [0.25, 0.3) is 0 Å². The number of ether oxygens (including phenoxy) is 1. The summed E-state index contributed by atoms with van der Waals surface area (Å²) in [6.45, 7) is 3.64. The van der Waals surface area contributed by atoms with Gasteiger partial charge in [0.15, 0.2) is 15.1 Å². The maximum absolute atomic E-state index is 12.9. The van der Waals surface area contributed by atoms with Gasteiger partial charge < -0.3 is 15.4 Å². The van der Waals surface area contributed by atoms with Gasteiger partial charge in [-0.15, -0.1) is 11.8 Å². The molecule has 2 unspecified atom stereocenters. The van der Waals surface area contributed by atoms with Crippen molar-refractivity contribution < 1.29 is 27.5 Å². The quantitative estimate of drug-likeness (QED) is 0.448. The van der Waals surface area contributed by atoms with Crippen molar-refractivity contribution in [2.45, 2.75) is 29.5 Å². The highest BCUT2D eigenvalue weighted by Crippen LogP contribution is 2.24. The minimum Gasteiger partial charge on any atom is -0.462 e. The summed E-state index contributed by atoms with van der Waals surface area (Å²) in [6, 6.07) is 10.6. The Labute approximate surface area is 206 Å². The average molecular weight is 526 g/mol. The van der Waals surface area contributed by atoms with Crippen LogP contribution in [0, 0.1) is 6.92 Å². The van der Waals surface area contributed by atoms with Crippen LogP contribution in [0.2, 0.25) is 5.02 Å². The number of sulfone groups is 1. The Balaban J connectivity index is 1.51. The summed E-state index contributed by atoms with van der Waals surface area (Å²) in [4.78, 5) is 36.4. The highest BCUT2D eigenvalue weighted by atomic mass is 35.5. The first-order chi connectivity index (χ1) is 16.1. The van der Waals surface area contributed by atoms with Gasteiger partial charge in [0.05, 0.1) is 22.8 Å². The third-order valence-electron chi connectivity index (χ3n) is 4.96. The summed E-state index contributed by atoms with van der Waals surface area (Å²) in [5.41, 5.74) is 0.983. The molecule has 2 atom stereocenters. The van der Waals surface area contributed by atoms with Gasteiger partial charge in [-0.05, 0) is 55.8 Å². The zero-order chi connectivity index (χ0) is 24.9. The molecule has 2 aromatic carbocycles. The van der Waals surface area contributed by atoms with E-state index in [0.717, 1.165) is 17.3 Å². The molecule has 12 heteroatoms. The zero-order valence-electron chi connectivity index (χ0n) is 18.5. The average Bonchev–Trinajstić information content (AvgIpc) is 2.80. The second-order valence-corrected chi connectivity index (χ2v) is 11.0. The van der Waals surface area contributed by atoms with Crippen LogP contribution in [-0.4, -0.2) is 55.9 Å². The zero-order valence-corrected chi connectivity index (χ0v) is 20.9. The van der Waals surface area contributed by atoms with Crippen LogP contribution >= 0.6 is 23.4 Å². The lowest BCUT2D eigenvalue weighted by Gasteiger charge is -2.29. The van der Waals surface area contributed by atoms with Crippen LogP contribution < -0.4 is 16.0 Å². The van der Waals surface area contributed by atoms with E-state index in [0.29, 0.717) is 16.3 Å². The van der Waals surface area contributed by atoms with Gasteiger partial charge in [0, 0.05) is 17.3 Å². The number of hydrogen-bond donors (Lipinski definition) is 3. The highest BCUT2D eigenvalue weighted by molar-refractivity contribution is 8.00. The molecule has 1 aliphatic heterocycles. The first-order valence-electron chi connectivity index (χ1n) is 10.3. The normalized spacial score (nSPS) is 18.1. The number of thioether (sulfide) groups is 1. The first kappa shape index (κ1) is 26.0. The number of aryl methyl sites for hydroxylation is 1. The molecule has 1 saturated heterocycles. The Morgan fingerprint density at radius 2 is 1.91 bits per heavy atom. The third-order valence-corrected chi connectivity index (χ3v) is 8.46. The Kier molecular flexibility index (Phi) is 8.58. The Morgan fingerprint density at radius 3 is 2.53 bits per heavy atom. The molecule has 1 aliphatic rings. The van der Waals surface area contributed by atoms with Crippen molar-refractivity contribution in [1.29, 1.82) is 0 Å². The largest absolute Gasteiger partial charge is 0.462 e. The van der Waals surface area contributed by atoms with Crippen molar-refractivity contribution in [2.24, 2.45) is 0 Å². The standard InChI is InChI=1S/C22H24ClN3O6S2/c1-3-32-21(29)14-5-7-15(8-6-14)25-19(27)12-33-22-24-11-18(20(28)26-22)34(30,31)16-9-4-13(2)17(23)10-16/h4-10,18,22,24H,3,11-12H2,1-2H3,(H,25,27)(H,26,28). The summed E-state index contributed by atoms with van der Waals surface area (Å²) in [5.74, 6) is -1.42. The molecule has 3 rings (SSSR count). The third kappa shape index (κ3) is 6.29. The van der Waals surface area contributed by atoms with Crippen LogP contribution in [0.1, 0.15) is 22.8 Å². The molecule has 2 amide bonds. The molecule has 9 nitrogen and oxygen atoms in total. The van der Waals surface area contributed by atoms with Crippen LogP contribution in [0.3, 0.4) is 0 Å². The molecular formula is C22H24ClN3O6S2. The number of esters is 1. The molecule has 2 aromatic rings. The number of nitrogens with one attached hydrogen (secondary N) is 3. The minimum absolute atomic E-state index is 0.00254. The molecule has 0 saturated carbocycles. The molecule has 3 N–H and O–H groups in total. The minimum atomic E-state index is -3.94. The van der Waals surface area contributed by atoms with E-state index in [-0.39, 0.29) is 29.7 Å². The number of carbonyl (C=O) groups excluding carboxylic acids is 3. The number of halogens is 1. The summed E-state index contributed by atoms with van der Waals surface area (Å²) < 4.78 is 30.7. The van der Waals surface area contributed by atoms with Crippen molar-refractivity contribution in [1.82, 2.24) is 10.6 Å². The van der Waals surface area contributed by atoms with Gasteiger partial charge in [-0.3, -0.25) is 14.9 Å². The number of anilines is 1. The lowest BCUT2D eigenvalue weighted by atomic mass is 10.2. The predicted octanol–water partition coefficient (Wildman–Crippen LogP) is 2.34. The fourth-order valence-electron chi connectivity index (χ4n) is 3.11. The molecule has 1 fully saturated rings. The van der Waals surface area contributed by atoms with E-state index in [1.165, 1.54) is 12.1 Å². The van der Waals surface area contributed by atoms with Crippen molar-refractivity contribution in [3.8, 4) is 0 Å². The topological polar surface area (TPSA) is 131 Å². The molecule has 0 spiro atoms. The molecule has 0 aromatic heterocycles. The van der Waals surface area contributed by atoms with Crippen LogP contribution in [0.5, 0.6) is 0 Å². The maximum atomic E-state index is 12.9. The molecule has 34 heavy (non-hydrogen) atoms. The second kappa shape index (κ2) is 11.2. The van der Waals surface area contributed by atoms with Gasteiger partial charge in [-0.25, -0.2) is 13.2 Å². The van der Waals surface area contributed by atoms with Gasteiger partial charge in [-0.2, -0.15) is 0 Å². The van der Waals surface area contributed by atoms with E-state index < -0.39 is 32.5 Å². The fourth-order valence-corrected chi connectivity index (χ4v) is 5.69. The Bertz CT molecular complexity index is 1190. The number of amides is 2. The van der Waals surface area contributed by atoms with E-state index in [2.05, 4.69) is 16.0 Å². The highest BCUT2D eigenvalue weighted by Gasteiger charge is 2.38. The van der Waals surface area contributed by atoms with E-state index >= 15 is 0 Å². The molecular weight excluding hydrogens is 502 g/mol. The molecule has 0 bridgehead atoms. The molecule has 1 heterocycles. The lowest BCUT2D eigenvalue weighted by Crippen LogP contribution is -2.59. The maximum Gasteiger partial charge on any atom is 0.338 e. The van der Waals surface area contributed by atoms with Gasteiger partial charge in [0.2, 0.25) is 11.8 Å². The second-order valence-electron chi connectivity index (χ2n) is 7.40.